The van der Waals surface area contributed by atoms with Crippen LogP contribution in [0, 0.1) is 11.6 Å². The Bertz CT molecular complexity index is 860. The Kier molecular flexibility index (Phi) is 4.60. The Hall–Kier alpha value is -3.09. The van der Waals surface area contributed by atoms with Gasteiger partial charge in [-0.3, -0.25) is 4.79 Å². The second-order valence-electron chi connectivity index (χ2n) is 5.06. The lowest BCUT2D eigenvalue weighted by Gasteiger charge is -2.09. The number of rotatable bonds is 5. The summed E-state index contributed by atoms with van der Waals surface area (Å²) in [5, 5.41) is 6.11. The zero-order valence-electron chi connectivity index (χ0n) is 12.6. The molecule has 1 heterocycles. The molecule has 7 heteroatoms. The van der Waals surface area contributed by atoms with Gasteiger partial charge >= 0.3 is 0 Å². The summed E-state index contributed by atoms with van der Waals surface area (Å²) >= 11 is 0. The van der Waals surface area contributed by atoms with Gasteiger partial charge in [-0.2, -0.15) is 0 Å². The fourth-order valence-corrected chi connectivity index (χ4v) is 2.26. The molecule has 0 radical (unpaired) electrons. The van der Waals surface area contributed by atoms with Crippen molar-refractivity contribution in [1.82, 2.24) is 9.97 Å². The van der Waals surface area contributed by atoms with Crippen LogP contribution in [0.5, 0.6) is 0 Å². The fourth-order valence-electron chi connectivity index (χ4n) is 2.26. The molecule has 122 valence electrons. The van der Waals surface area contributed by atoms with Crippen molar-refractivity contribution in [3.05, 3.63) is 60.4 Å². The average molecular weight is 328 g/mol. The number of benzene rings is 2. The molecule has 0 saturated carbocycles. The van der Waals surface area contributed by atoms with E-state index in [4.69, 9.17) is 0 Å². The molecule has 0 atom stereocenters. The summed E-state index contributed by atoms with van der Waals surface area (Å²) in [6.45, 7) is 0.267. The number of amides is 1. The van der Waals surface area contributed by atoms with Crippen LogP contribution in [0.2, 0.25) is 0 Å². The number of fused-ring (bicyclic) bond motifs is 1. The first-order valence-electron chi connectivity index (χ1n) is 7.32. The van der Waals surface area contributed by atoms with Crippen LogP contribution in [0.4, 0.5) is 20.3 Å². The Morgan fingerprint density at radius 3 is 2.54 bits per heavy atom. The minimum atomic E-state index is -0.807. The van der Waals surface area contributed by atoms with E-state index < -0.39 is 23.2 Å². The maximum Gasteiger partial charge on any atom is 0.226 e. The maximum atomic E-state index is 13.5. The lowest BCUT2D eigenvalue weighted by atomic mass is 10.2. The van der Waals surface area contributed by atoms with Crippen molar-refractivity contribution in [3.8, 4) is 0 Å². The van der Waals surface area contributed by atoms with Gasteiger partial charge in [-0.05, 0) is 24.3 Å². The first kappa shape index (κ1) is 15.8. The van der Waals surface area contributed by atoms with Crippen LogP contribution >= 0.6 is 0 Å². The molecule has 0 spiro atoms. The summed E-state index contributed by atoms with van der Waals surface area (Å²) in [6, 6.07) is 10.9. The van der Waals surface area contributed by atoms with Crippen molar-refractivity contribution in [2.24, 2.45) is 0 Å². The number of carbonyl (C=O) groups excluding carboxylic acids is 1. The number of hydrogen-bond donors (Lipinski definition) is 2. The topological polar surface area (TPSA) is 66.9 Å². The summed E-state index contributed by atoms with van der Waals surface area (Å²) in [4.78, 5) is 20.1. The first-order valence-corrected chi connectivity index (χ1v) is 7.32. The van der Waals surface area contributed by atoms with Gasteiger partial charge in [0.2, 0.25) is 5.91 Å². The predicted molar refractivity (Wildman–Crippen MR) is 87.6 cm³/mol. The third-order valence-electron chi connectivity index (χ3n) is 3.41. The third kappa shape index (κ3) is 3.45. The van der Waals surface area contributed by atoms with Gasteiger partial charge in [0, 0.05) is 18.4 Å². The van der Waals surface area contributed by atoms with Crippen molar-refractivity contribution in [1.29, 1.82) is 0 Å². The van der Waals surface area contributed by atoms with E-state index in [1.165, 1.54) is 12.4 Å². The standard InChI is InChI=1S/C17H14F2N4O/c18-12-5-3-6-13(19)16(12)23-15(24)8-9-20-17-11-4-1-2-7-14(11)21-10-22-17/h1-7,10H,8-9H2,(H,23,24)(H,20,21,22). The van der Waals surface area contributed by atoms with Crippen LogP contribution in [0.25, 0.3) is 10.9 Å². The highest BCUT2D eigenvalue weighted by Crippen LogP contribution is 2.19. The Morgan fingerprint density at radius 2 is 1.75 bits per heavy atom. The number of nitrogens with one attached hydrogen (secondary N) is 2. The van der Waals surface area contributed by atoms with Crippen molar-refractivity contribution in [2.45, 2.75) is 6.42 Å². The molecule has 24 heavy (non-hydrogen) atoms. The molecule has 2 N–H and O–H groups in total. The molecule has 0 aliphatic heterocycles. The number of carbonyl (C=O) groups is 1. The number of halogens is 2. The molecular weight excluding hydrogens is 314 g/mol. The van der Waals surface area contributed by atoms with Gasteiger partial charge in [0.15, 0.2) is 0 Å². The molecule has 1 aromatic heterocycles. The summed E-state index contributed by atoms with van der Waals surface area (Å²) in [7, 11) is 0. The molecule has 3 rings (SSSR count). The second kappa shape index (κ2) is 6.99. The number of hydrogen-bond acceptors (Lipinski definition) is 4. The molecule has 0 bridgehead atoms. The largest absolute Gasteiger partial charge is 0.369 e. The smallest absolute Gasteiger partial charge is 0.226 e. The van der Waals surface area contributed by atoms with Gasteiger partial charge in [0.25, 0.3) is 0 Å². The lowest BCUT2D eigenvalue weighted by Crippen LogP contribution is -2.18. The predicted octanol–water partition coefficient (Wildman–Crippen LogP) is 3.35. The minimum absolute atomic E-state index is 0.0338. The van der Waals surface area contributed by atoms with E-state index in [1.54, 1.807) is 0 Å². The molecule has 0 unspecified atom stereocenters. The number of nitrogens with zero attached hydrogens (tertiary/aromatic N) is 2. The van der Waals surface area contributed by atoms with E-state index in [9.17, 15) is 13.6 Å². The van der Waals surface area contributed by atoms with Gasteiger partial charge < -0.3 is 10.6 Å². The van der Waals surface area contributed by atoms with Gasteiger partial charge in [0.05, 0.1) is 5.52 Å². The van der Waals surface area contributed by atoms with Crippen LogP contribution < -0.4 is 10.6 Å². The van der Waals surface area contributed by atoms with Gasteiger partial charge in [-0.15, -0.1) is 0 Å². The highest BCUT2D eigenvalue weighted by Gasteiger charge is 2.11. The zero-order chi connectivity index (χ0) is 16.9. The van der Waals surface area contributed by atoms with Gasteiger partial charge in [-0.1, -0.05) is 18.2 Å². The van der Waals surface area contributed by atoms with Crippen LogP contribution in [0.1, 0.15) is 6.42 Å². The van der Waals surface area contributed by atoms with E-state index in [-0.39, 0.29) is 13.0 Å². The van der Waals surface area contributed by atoms with Crippen LogP contribution in [0.15, 0.2) is 48.8 Å². The lowest BCUT2D eigenvalue weighted by molar-refractivity contribution is -0.116. The molecule has 1 amide bonds. The molecule has 0 aliphatic rings. The number of anilines is 2. The highest BCUT2D eigenvalue weighted by molar-refractivity contribution is 5.92. The Labute approximate surface area is 136 Å². The molecule has 0 fully saturated rings. The Balaban J connectivity index is 1.61. The second-order valence-corrected chi connectivity index (χ2v) is 5.06. The molecule has 2 aromatic carbocycles. The van der Waals surface area contributed by atoms with E-state index in [0.29, 0.717) is 5.82 Å². The van der Waals surface area contributed by atoms with Crippen molar-refractivity contribution in [3.63, 3.8) is 0 Å². The van der Waals surface area contributed by atoms with E-state index in [0.717, 1.165) is 23.0 Å². The van der Waals surface area contributed by atoms with Crippen molar-refractivity contribution in [2.75, 3.05) is 17.2 Å². The third-order valence-corrected chi connectivity index (χ3v) is 3.41. The van der Waals surface area contributed by atoms with Crippen molar-refractivity contribution < 1.29 is 13.6 Å². The van der Waals surface area contributed by atoms with E-state index in [2.05, 4.69) is 20.6 Å². The molecular formula is C17H14F2N4O. The van der Waals surface area contributed by atoms with Gasteiger partial charge in [0.1, 0.15) is 29.5 Å². The fraction of sp³-hybridized carbons (Fsp3) is 0.118. The number of para-hydroxylation sites is 2. The van der Waals surface area contributed by atoms with Crippen LogP contribution in [0.3, 0.4) is 0 Å². The summed E-state index contributed by atoms with van der Waals surface area (Å²) < 4.78 is 27.0. The van der Waals surface area contributed by atoms with E-state index in [1.807, 2.05) is 24.3 Å². The molecule has 5 nitrogen and oxygen atoms in total. The normalized spacial score (nSPS) is 10.6. The first-order chi connectivity index (χ1) is 11.6. The highest BCUT2D eigenvalue weighted by atomic mass is 19.1. The SMILES string of the molecule is O=C(CCNc1ncnc2ccccc12)Nc1c(F)cccc1F. The molecule has 0 saturated heterocycles. The zero-order valence-corrected chi connectivity index (χ0v) is 12.6. The molecule has 0 aliphatic carbocycles. The minimum Gasteiger partial charge on any atom is -0.369 e. The van der Waals surface area contributed by atoms with Crippen LogP contribution in [-0.4, -0.2) is 22.4 Å². The summed E-state index contributed by atoms with van der Waals surface area (Å²) in [5.41, 5.74) is 0.350. The van der Waals surface area contributed by atoms with Crippen molar-refractivity contribution >= 4 is 28.3 Å². The summed E-state index contributed by atoms with van der Waals surface area (Å²) in [5.74, 6) is -1.51. The monoisotopic (exact) mass is 328 g/mol. The average Bonchev–Trinajstić information content (AvgIpc) is 2.58. The number of aromatic nitrogens is 2. The maximum absolute atomic E-state index is 13.5. The van der Waals surface area contributed by atoms with Gasteiger partial charge in [-0.25, -0.2) is 18.7 Å². The van der Waals surface area contributed by atoms with Crippen LogP contribution in [-0.2, 0) is 4.79 Å². The molecule has 3 aromatic rings. The Morgan fingerprint density at radius 1 is 1.00 bits per heavy atom. The summed E-state index contributed by atoms with van der Waals surface area (Å²) in [6.07, 6.45) is 1.46. The van der Waals surface area contributed by atoms with E-state index >= 15 is 0 Å². The quantitative estimate of drug-likeness (QED) is 0.754.